The third-order valence-corrected chi connectivity index (χ3v) is 4.37. The molecule has 148 valence electrons. The maximum absolute atomic E-state index is 12.9. The minimum atomic E-state index is -4.46. The zero-order valence-corrected chi connectivity index (χ0v) is 15.5. The Balaban J connectivity index is 1.94. The van der Waals surface area contributed by atoms with Crippen molar-refractivity contribution in [2.45, 2.75) is 32.5 Å². The van der Waals surface area contributed by atoms with Crippen LogP contribution in [0.3, 0.4) is 0 Å². The third kappa shape index (κ3) is 4.11. The zero-order valence-electron chi connectivity index (χ0n) is 15.5. The van der Waals surface area contributed by atoms with Gasteiger partial charge in [0.25, 0.3) is 0 Å². The molecule has 2 aromatic rings. The molecule has 8 heteroatoms. The first-order valence-corrected chi connectivity index (χ1v) is 8.86. The molecular formula is C20H20F3N3O2. The Labute approximate surface area is 160 Å². The van der Waals surface area contributed by atoms with Gasteiger partial charge in [0.2, 0.25) is 5.84 Å². The first kappa shape index (κ1) is 19.7. The summed E-state index contributed by atoms with van der Waals surface area (Å²) in [5.41, 5.74) is 3.78. The molecule has 0 unspecified atom stereocenters. The molecule has 0 aromatic heterocycles. The number of nitrogens with zero attached hydrogens (tertiary/aromatic N) is 2. The number of esters is 1. The lowest BCUT2D eigenvalue weighted by molar-refractivity contribution is -0.137. The Morgan fingerprint density at radius 3 is 2.71 bits per heavy atom. The van der Waals surface area contributed by atoms with Crippen LogP contribution in [-0.4, -0.2) is 24.5 Å². The van der Waals surface area contributed by atoms with Gasteiger partial charge in [-0.25, -0.2) is 4.79 Å². The average molecular weight is 391 g/mol. The van der Waals surface area contributed by atoms with Crippen LogP contribution in [0.2, 0.25) is 0 Å². The molecule has 0 bridgehead atoms. The van der Waals surface area contributed by atoms with Crippen molar-refractivity contribution in [1.82, 2.24) is 0 Å². The number of amidine groups is 1. The predicted octanol–water partition coefficient (Wildman–Crippen LogP) is 4.45. The van der Waals surface area contributed by atoms with Crippen molar-refractivity contribution in [3.05, 3.63) is 59.7 Å². The standard InChI is InChI=1S/C20H20F3N3O2/c1-3-28-19(27)18(26-13(2)11-14-7-4-5-10-17(14)26)25-24-16-9-6-8-15(12-16)20(21,22)23/h4-10,12-13,24H,3,11H2,1-2H3/b25-18-/t13-/m0/s1. The van der Waals surface area contributed by atoms with Crippen LogP contribution in [0.25, 0.3) is 0 Å². The minimum Gasteiger partial charge on any atom is -0.460 e. The lowest BCUT2D eigenvalue weighted by Gasteiger charge is -2.25. The van der Waals surface area contributed by atoms with Crippen LogP contribution in [0.1, 0.15) is 25.0 Å². The normalized spacial score (nSPS) is 16.7. The number of hydrogen-bond acceptors (Lipinski definition) is 4. The van der Waals surface area contributed by atoms with E-state index in [1.165, 1.54) is 12.1 Å². The Morgan fingerprint density at radius 2 is 2.00 bits per heavy atom. The van der Waals surface area contributed by atoms with E-state index in [-0.39, 0.29) is 24.2 Å². The predicted molar refractivity (Wildman–Crippen MR) is 101 cm³/mol. The number of ether oxygens (including phenoxy) is 1. The molecule has 0 spiro atoms. The SMILES string of the molecule is CCOC(=O)/C(=N/Nc1cccc(C(F)(F)F)c1)N1c2ccccc2C[C@@H]1C. The van der Waals surface area contributed by atoms with Crippen molar-refractivity contribution in [1.29, 1.82) is 0 Å². The highest BCUT2D eigenvalue weighted by Crippen LogP contribution is 2.33. The minimum absolute atomic E-state index is 0.00304. The molecule has 1 heterocycles. The summed E-state index contributed by atoms with van der Waals surface area (Å²) in [6, 6.07) is 12.2. The lowest BCUT2D eigenvalue weighted by Crippen LogP contribution is -2.42. The lowest BCUT2D eigenvalue weighted by atomic mass is 10.1. The van der Waals surface area contributed by atoms with E-state index in [2.05, 4.69) is 10.5 Å². The maximum atomic E-state index is 12.9. The van der Waals surface area contributed by atoms with Crippen LogP contribution < -0.4 is 10.3 Å². The molecule has 1 aliphatic heterocycles. The summed E-state index contributed by atoms with van der Waals surface area (Å²) in [7, 11) is 0. The highest BCUT2D eigenvalue weighted by Gasteiger charge is 2.34. The number of benzene rings is 2. The van der Waals surface area contributed by atoms with Gasteiger partial charge in [0.05, 0.1) is 17.9 Å². The van der Waals surface area contributed by atoms with Crippen LogP contribution in [0.15, 0.2) is 53.6 Å². The fourth-order valence-electron chi connectivity index (χ4n) is 3.16. The van der Waals surface area contributed by atoms with Gasteiger partial charge in [-0.1, -0.05) is 24.3 Å². The van der Waals surface area contributed by atoms with Gasteiger partial charge in [0, 0.05) is 11.7 Å². The summed E-state index contributed by atoms with van der Waals surface area (Å²) in [6.45, 7) is 3.78. The number of carbonyl (C=O) groups is 1. The van der Waals surface area contributed by atoms with Crippen molar-refractivity contribution in [3.8, 4) is 0 Å². The van der Waals surface area contributed by atoms with E-state index < -0.39 is 17.7 Å². The highest BCUT2D eigenvalue weighted by molar-refractivity contribution is 6.41. The molecular weight excluding hydrogens is 371 g/mol. The smallest absolute Gasteiger partial charge is 0.416 e. The molecule has 0 saturated heterocycles. The van der Waals surface area contributed by atoms with Crippen LogP contribution in [0, 0.1) is 0 Å². The van der Waals surface area contributed by atoms with Gasteiger partial charge in [-0.15, -0.1) is 5.10 Å². The van der Waals surface area contributed by atoms with E-state index in [1.54, 1.807) is 11.8 Å². The van der Waals surface area contributed by atoms with Crippen molar-refractivity contribution >= 4 is 23.2 Å². The molecule has 0 radical (unpaired) electrons. The quantitative estimate of drug-likeness (QED) is 0.364. The molecule has 1 aliphatic rings. The van der Waals surface area contributed by atoms with Gasteiger partial charge in [-0.2, -0.15) is 13.2 Å². The topological polar surface area (TPSA) is 53.9 Å². The Bertz CT molecular complexity index is 896. The van der Waals surface area contributed by atoms with Gasteiger partial charge in [-0.05, 0) is 50.1 Å². The number of fused-ring (bicyclic) bond motifs is 1. The average Bonchev–Trinajstić information content (AvgIpc) is 2.98. The van der Waals surface area contributed by atoms with Gasteiger partial charge >= 0.3 is 12.1 Å². The summed E-state index contributed by atoms with van der Waals surface area (Å²) in [5, 5.41) is 4.12. The molecule has 0 amide bonds. The van der Waals surface area contributed by atoms with E-state index in [1.807, 2.05) is 31.2 Å². The molecule has 28 heavy (non-hydrogen) atoms. The Hall–Kier alpha value is -3.03. The van der Waals surface area contributed by atoms with Gasteiger partial charge in [0.1, 0.15) is 0 Å². The number of hydrazone groups is 1. The molecule has 1 atom stereocenters. The molecule has 0 saturated carbocycles. The van der Waals surface area contributed by atoms with E-state index in [9.17, 15) is 18.0 Å². The number of hydrogen-bond donors (Lipinski definition) is 1. The second-order valence-corrected chi connectivity index (χ2v) is 6.40. The van der Waals surface area contributed by atoms with Crippen molar-refractivity contribution in [2.24, 2.45) is 5.10 Å². The van der Waals surface area contributed by atoms with E-state index in [0.717, 1.165) is 29.8 Å². The largest absolute Gasteiger partial charge is 0.460 e. The molecule has 3 rings (SSSR count). The van der Waals surface area contributed by atoms with Crippen LogP contribution in [0.5, 0.6) is 0 Å². The zero-order chi connectivity index (χ0) is 20.3. The monoisotopic (exact) mass is 391 g/mol. The van der Waals surface area contributed by atoms with Crippen molar-refractivity contribution < 1.29 is 22.7 Å². The Morgan fingerprint density at radius 1 is 1.25 bits per heavy atom. The number of para-hydroxylation sites is 1. The highest BCUT2D eigenvalue weighted by atomic mass is 19.4. The fraction of sp³-hybridized carbons (Fsp3) is 0.300. The number of alkyl halides is 3. The van der Waals surface area contributed by atoms with Crippen LogP contribution in [0.4, 0.5) is 24.5 Å². The summed E-state index contributed by atoms with van der Waals surface area (Å²) < 4.78 is 43.8. The molecule has 0 aliphatic carbocycles. The van der Waals surface area contributed by atoms with Gasteiger partial charge in [-0.3, -0.25) is 5.43 Å². The number of anilines is 2. The van der Waals surface area contributed by atoms with E-state index in [0.29, 0.717) is 0 Å². The summed E-state index contributed by atoms with van der Waals surface area (Å²) in [5.74, 6) is -0.651. The molecule has 2 aromatic carbocycles. The maximum Gasteiger partial charge on any atom is 0.416 e. The second-order valence-electron chi connectivity index (χ2n) is 6.40. The van der Waals surface area contributed by atoms with Crippen LogP contribution >= 0.6 is 0 Å². The molecule has 5 nitrogen and oxygen atoms in total. The van der Waals surface area contributed by atoms with Gasteiger partial charge < -0.3 is 9.64 Å². The van der Waals surface area contributed by atoms with Crippen molar-refractivity contribution in [3.63, 3.8) is 0 Å². The fourth-order valence-corrected chi connectivity index (χ4v) is 3.16. The first-order chi connectivity index (χ1) is 13.3. The van der Waals surface area contributed by atoms with Crippen molar-refractivity contribution in [2.75, 3.05) is 16.9 Å². The number of rotatable bonds is 3. The van der Waals surface area contributed by atoms with Crippen LogP contribution in [-0.2, 0) is 22.1 Å². The summed E-state index contributed by atoms with van der Waals surface area (Å²) >= 11 is 0. The van der Waals surface area contributed by atoms with Gasteiger partial charge in [0.15, 0.2) is 0 Å². The second kappa shape index (κ2) is 7.92. The Kier molecular flexibility index (Phi) is 5.58. The first-order valence-electron chi connectivity index (χ1n) is 8.86. The van der Waals surface area contributed by atoms with E-state index >= 15 is 0 Å². The molecule has 0 fully saturated rings. The number of nitrogens with one attached hydrogen (secondary N) is 1. The number of carbonyl (C=O) groups excluding carboxylic acids is 1. The van der Waals surface area contributed by atoms with E-state index in [4.69, 9.17) is 4.74 Å². The molecule has 1 N–H and O–H groups in total. The number of halogens is 3. The summed E-state index contributed by atoms with van der Waals surface area (Å²) in [4.78, 5) is 14.3. The third-order valence-electron chi connectivity index (χ3n) is 4.37. The summed E-state index contributed by atoms with van der Waals surface area (Å²) in [6.07, 6.45) is -3.74.